The first kappa shape index (κ1) is 18.4. The number of benzene rings is 1. The molecule has 1 aromatic heterocycles. The minimum atomic E-state index is -0.383. The third-order valence-corrected chi connectivity index (χ3v) is 5.57. The lowest BCUT2D eigenvalue weighted by Gasteiger charge is -2.40. The summed E-state index contributed by atoms with van der Waals surface area (Å²) in [6.45, 7) is 5.67. The number of carbonyl (C=O) groups is 2. The van der Waals surface area contributed by atoms with Crippen LogP contribution in [0.15, 0.2) is 30.5 Å². The van der Waals surface area contributed by atoms with Gasteiger partial charge in [0.25, 0.3) is 11.8 Å². The van der Waals surface area contributed by atoms with Gasteiger partial charge < -0.3 is 15.1 Å². The van der Waals surface area contributed by atoms with Crippen molar-refractivity contribution in [2.75, 3.05) is 31.5 Å². The van der Waals surface area contributed by atoms with Gasteiger partial charge in [0.2, 0.25) is 0 Å². The fourth-order valence-electron chi connectivity index (χ4n) is 3.91. The zero-order chi connectivity index (χ0) is 19.8. The van der Waals surface area contributed by atoms with Crippen molar-refractivity contribution in [1.82, 2.24) is 14.8 Å². The summed E-state index contributed by atoms with van der Waals surface area (Å²) in [5.74, 6) is 0.210. The lowest BCUT2D eigenvalue weighted by Crippen LogP contribution is -2.55. The summed E-state index contributed by atoms with van der Waals surface area (Å²) in [4.78, 5) is 33.6. The van der Waals surface area contributed by atoms with Crippen LogP contribution in [0.4, 0.5) is 10.2 Å². The van der Waals surface area contributed by atoms with Crippen molar-refractivity contribution >= 4 is 17.6 Å². The molecule has 1 N–H and O–H groups in total. The van der Waals surface area contributed by atoms with Crippen molar-refractivity contribution in [3.63, 3.8) is 0 Å². The first-order chi connectivity index (χ1) is 13.5. The fraction of sp³-hybridized carbons (Fsp3) is 0.381. The average molecular weight is 382 g/mol. The van der Waals surface area contributed by atoms with Gasteiger partial charge in [-0.2, -0.15) is 0 Å². The molecule has 1 saturated heterocycles. The number of piperazine rings is 1. The summed E-state index contributed by atoms with van der Waals surface area (Å²) in [6, 6.07) is 6.30. The normalized spacial score (nSPS) is 18.6. The van der Waals surface area contributed by atoms with E-state index in [0.717, 1.165) is 24.3 Å². The van der Waals surface area contributed by atoms with Gasteiger partial charge in [0.1, 0.15) is 11.6 Å². The summed E-state index contributed by atoms with van der Waals surface area (Å²) < 4.78 is 13.8. The molecule has 1 unspecified atom stereocenters. The van der Waals surface area contributed by atoms with Crippen LogP contribution in [0.1, 0.15) is 38.8 Å². The summed E-state index contributed by atoms with van der Waals surface area (Å²) in [5.41, 5.74) is 2.38. The molecule has 2 amide bonds. The number of rotatable bonds is 2. The van der Waals surface area contributed by atoms with Crippen molar-refractivity contribution in [2.24, 2.45) is 0 Å². The Balaban J connectivity index is 1.47. The summed E-state index contributed by atoms with van der Waals surface area (Å²) in [6.07, 6.45) is 2.48. The predicted molar refractivity (Wildman–Crippen MR) is 104 cm³/mol. The number of amides is 2. The molecule has 1 aromatic carbocycles. The molecule has 1 atom stereocenters. The highest BCUT2D eigenvalue weighted by Crippen LogP contribution is 2.23. The number of nitrogens with zero attached hydrogens (tertiary/aromatic N) is 3. The van der Waals surface area contributed by atoms with E-state index in [4.69, 9.17) is 0 Å². The Labute approximate surface area is 163 Å². The van der Waals surface area contributed by atoms with E-state index < -0.39 is 0 Å². The molecule has 0 saturated carbocycles. The van der Waals surface area contributed by atoms with Crippen molar-refractivity contribution in [1.29, 1.82) is 0 Å². The van der Waals surface area contributed by atoms with Gasteiger partial charge in [-0.3, -0.25) is 9.59 Å². The molecule has 0 spiro atoms. The molecule has 2 aliphatic heterocycles. The standard InChI is InChI=1S/C21H23FN4O2/c1-13-12-25(20(27)16-10-15-6-7-23-19(15)24-11-16)8-9-26(13)21(28)17-4-3-5-18(22)14(17)2/h3-5,10-11,13H,6-9,12H2,1-2H3,(H,23,24). The van der Waals surface area contributed by atoms with Crippen LogP contribution < -0.4 is 5.32 Å². The van der Waals surface area contributed by atoms with Gasteiger partial charge in [-0.1, -0.05) is 6.07 Å². The van der Waals surface area contributed by atoms with Gasteiger partial charge in [-0.25, -0.2) is 9.37 Å². The van der Waals surface area contributed by atoms with Gasteiger partial charge >= 0.3 is 0 Å². The van der Waals surface area contributed by atoms with Gasteiger partial charge in [-0.15, -0.1) is 0 Å². The number of hydrogen-bond donors (Lipinski definition) is 1. The van der Waals surface area contributed by atoms with Crippen LogP contribution in [0.5, 0.6) is 0 Å². The molecule has 3 heterocycles. The monoisotopic (exact) mass is 382 g/mol. The molecule has 0 aliphatic carbocycles. The maximum absolute atomic E-state index is 13.8. The van der Waals surface area contributed by atoms with Crippen LogP contribution in [0.25, 0.3) is 0 Å². The average Bonchev–Trinajstić information content (AvgIpc) is 3.16. The minimum absolute atomic E-state index is 0.0666. The number of aromatic nitrogens is 1. The van der Waals surface area contributed by atoms with Crippen molar-refractivity contribution < 1.29 is 14.0 Å². The summed E-state index contributed by atoms with van der Waals surface area (Å²) in [5, 5.41) is 3.19. The van der Waals surface area contributed by atoms with Gasteiger partial charge in [0, 0.05) is 44.0 Å². The lowest BCUT2D eigenvalue weighted by atomic mass is 10.0. The van der Waals surface area contributed by atoms with E-state index in [1.54, 1.807) is 35.1 Å². The van der Waals surface area contributed by atoms with Gasteiger partial charge in [-0.05, 0) is 49.6 Å². The number of nitrogens with one attached hydrogen (secondary N) is 1. The van der Waals surface area contributed by atoms with Crippen LogP contribution in [-0.2, 0) is 6.42 Å². The zero-order valence-electron chi connectivity index (χ0n) is 16.0. The topological polar surface area (TPSA) is 65.5 Å². The molecule has 0 radical (unpaired) electrons. The molecule has 4 rings (SSSR count). The highest BCUT2D eigenvalue weighted by molar-refractivity contribution is 5.97. The maximum Gasteiger partial charge on any atom is 0.255 e. The molecule has 0 bridgehead atoms. The van der Waals surface area contributed by atoms with Gasteiger partial charge in [0.05, 0.1) is 5.56 Å². The van der Waals surface area contributed by atoms with Crippen LogP contribution >= 0.6 is 0 Å². The Hall–Kier alpha value is -2.96. The molecule has 2 aliphatic rings. The van der Waals surface area contributed by atoms with E-state index in [9.17, 15) is 14.0 Å². The Kier molecular flexibility index (Phi) is 4.75. The molecule has 2 aromatic rings. The molecule has 6 nitrogen and oxygen atoms in total. The van der Waals surface area contributed by atoms with E-state index in [2.05, 4.69) is 10.3 Å². The smallest absolute Gasteiger partial charge is 0.255 e. The Morgan fingerprint density at radius 3 is 2.86 bits per heavy atom. The van der Waals surface area contributed by atoms with E-state index in [-0.39, 0.29) is 23.7 Å². The van der Waals surface area contributed by atoms with Crippen LogP contribution in [-0.4, -0.2) is 58.8 Å². The SMILES string of the molecule is Cc1c(F)cccc1C(=O)N1CCN(C(=O)c2cnc3c(c2)CCN3)CC1C. The summed E-state index contributed by atoms with van der Waals surface area (Å²) in [7, 11) is 0. The second-order valence-corrected chi connectivity index (χ2v) is 7.42. The molecule has 28 heavy (non-hydrogen) atoms. The van der Waals surface area contributed by atoms with Crippen LogP contribution in [0, 0.1) is 12.7 Å². The van der Waals surface area contributed by atoms with E-state index in [1.807, 2.05) is 13.0 Å². The van der Waals surface area contributed by atoms with Crippen molar-refractivity contribution in [3.05, 3.63) is 58.5 Å². The maximum atomic E-state index is 13.8. The minimum Gasteiger partial charge on any atom is -0.370 e. The first-order valence-electron chi connectivity index (χ1n) is 9.54. The Bertz CT molecular complexity index is 946. The fourth-order valence-corrected chi connectivity index (χ4v) is 3.91. The highest BCUT2D eigenvalue weighted by Gasteiger charge is 2.32. The van der Waals surface area contributed by atoms with E-state index in [0.29, 0.717) is 36.3 Å². The number of fused-ring (bicyclic) bond motifs is 1. The summed E-state index contributed by atoms with van der Waals surface area (Å²) >= 11 is 0. The second kappa shape index (κ2) is 7.22. The number of pyridine rings is 1. The van der Waals surface area contributed by atoms with Gasteiger partial charge in [0.15, 0.2) is 0 Å². The molecule has 146 valence electrons. The molecule has 7 heteroatoms. The van der Waals surface area contributed by atoms with Crippen LogP contribution in [0.3, 0.4) is 0 Å². The first-order valence-corrected chi connectivity index (χ1v) is 9.54. The third kappa shape index (κ3) is 3.21. The third-order valence-electron chi connectivity index (χ3n) is 5.57. The quantitative estimate of drug-likeness (QED) is 0.867. The van der Waals surface area contributed by atoms with E-state index in [1.165, 1.54) is 6.07 Å². The van der Waals surface area contributed by atoms with E-state index >= 15 is 0 Å². The Morgan fingerprint density at radius 1 is 1.25 bits per heavy atom. The number of halogens is 1. The second-order valence-electron chi connectivity index (χ2n) is 7.42. The highest BCUT2D eigenvalue weighted by atomic mass is 19.1. The molecular weight excluding hydrogens is 359 g/mol. The zero-order valence-corrected chi connectivity index (χ0v) is 16.0. The molecular formula is C21H23FN4O2. The van der Waals surface area contributed by atoms with Crippen molar-refractivity contribution in [2.45, 2.75) is 26.3 Å². The number of anilines is 1. The number of hydrogen-bond acceptors (Lipinski definition) is 4. The van der Waals surface area contributed by atoms with Crippen LogP contribution in [0.2, 0.25) is 0 Å². The van der Waals surface area contributed by atoms with Crippen molar-refractivity contribution in [3.8, 4) is 0 Å². The largest absolute Gasteiger partial charge is 0.370 e. The predicted octanol–water partition coefficient (Wildman–Crippen LogP) is 2.48. The molecule has 1 fully saturated rings. The lowest BCUT2D eigenvalue weighted by molar-refractivity contribution is 0.0413. The number of carbonyl (C=O) groups excluding carboxylic acids is 2. The Morgan fingerprint density at radius 2 is 2.07 bits per heavy atom.